The molecular formula is C18H23N3O2. The van der Waals surface area contributed by atoms with Gasteiger partial charge in [-0.05, 0) is 45.9 Å². The van der Waals surface area contributed by atoms with Gasteiger partial charge in [0, 0.05) is 30.7 Å². The van der Waals surface area contributed by atoms with Gasteiger partial charge in [0.05, 0.1) is 29.7 Å². The molecule has 3 rings (SSSR count). The standard InChI is InChI=1S/C18H23N3O2/c1-12-8-17(15(4)21(12)16-6-5-7-19-9-16)18(22)20-10-13(2)23-14(3)11-20/h5-9,13-14H,10-11H2,1-4H3. The second-order valence-corrected chi connectivity index (χ2v) is 6.30. The lowest BCUT2D eigenvalue weighted by molar-refractivity contribution is -0.0586. The summed E-state index contributed by atoms with van der Waals surface area (Å²) >= 11 is 0. The Morgan fingerprint density at radius 2 is 1.96 bits per heavy atom. The molecule has 5 heteroatoms. The molecule has 0 bridgehead atoms. The van der Waals surface area contributed by atoms with Gasteiger partial charge in [-0.1, -0.05) is 0 Å². The van der Waals surface area contributed by atoms with Crippen LogP contribution >= 0.6 is 0 Å². The number of hydrogen-bond donors (Lipinski definition) is 0. The monoisotopic (exact) mass is 313 g/mol. The molecule has 0 aliphatic carbocycles. The summed E-state index contributed by atoms with van der Waals surface area (Å²) in [4.78, 5) is 19.0. The molecule has 0 spiro atoms. The highest BCUT2D eigenvalue weighted by atomic mass is 16.5. The highest BCUT2D eigenvalue weighted by Gasteiger charge is 2.28. The Bertz CT molecular complexity index is 699. The van der Waals surface area contributed by atoms with E-state index < -0.39 is 0 Å². The predicted octanol–water partition coefficient (Wildman–Crippen LogP) is 2.74. The fourth-order valence-corrected chi connectivity index (χ4v) is 3.38. The number of hydrogen-bond acceptors (Lipinski definition) is 3. The second kappa shape index (κ2) is 6.16. The molecule has 2 atom stereocenters. The van der Waals surface area contributed by atoms with Crippen LogP contribution in [-0.2, 0) is 4.74 Å². The minimum absolute atomic E-state index is 0.0736. The molecule has 3 heterocycles. The molecule has 2 unspecified atom stereocenters. The summed E-state index contributed by atoms with van der Waals surface area (Å²) in [6.45, 7) is 9.30. The summed E-state index contributed by atoms with van der Waals surface area (Å²) in [6.07, 6.45) is 3.71. The Morgan fingerprint density at radius 3 is 2.57 bits per heavy atom. The molecule has 1 amide bonds. The highest BCUT2D eigenvalue weighted by Crippen LogP contribution is 2.23. The number of rotatable bonds is 2. The Labute approximate surface area is 136 Å². The summed E-state index contributed by atoms with van der Waals surface area (Å²) in [5.41, 5.74) is 3.72. The Kier molecular flexibility index (Phi) is 4.22. The Balaban J connectivity index is 1.93. The van der Waals surface area contributed by atoms with Crippen molar-refractivity contribution < 1.29 is 9.53 Å². The summed E-state index contributed by atoms with van der Waals surface area (Å²) in [5, 5.41) is 0. The molecule has 2 aromatic heterocycles. The molecule has 2 aromatic rings. The fraction of sp³-hybridized carbons (Fsp3) is 0.444. The maximum atomic E-state index is 12.9. The van der Waals surface area contributed by atoms with Crippen molar-refractivity contribution in [3.8, 4) is 5.69 Å². The van der Waals surface area contributed by atoms with Crippen molar-refractivity contribution in [1.82, 2.24) is 14.5 Å². The van der Waals surface area contributed by atoms with Crippen molar-refractivity contribution in [2.45, 2.75) is 39.9 Å². The SMILES string of the molecule is Cc1cc(C(=O)N2CC(C)OC(C)C2)c(C)n1-c1cccnc1. The molecule has 1 fully saturated rings. The number of morpholine rings is 1. The van der Waals surface area contributed by atoms with Gasteiger partial charge in [0.15, 0.2) is 0 Å². The molecule has 0 saturated carbocycles. The van der Waals surface area contributed by atoms with E-state index in [2.05, 4.69) is 9.55 Å². The van der Waals surface area contributed by atoms with Crippen LogP contribution in [0, 0.1) is 13.8 Å². The maximum Gasteiger partial charge on any atom is 0.255 e. The Morgan fingerprint density at radius 1 is 1.26 bits per heavy atom. The maximum absolute atomic E-state index is 12.9. The average molecular weight is 313 g/mol. The van der Waals surface area contributed by atoms with Gasteiger partial charge in [0.1, 0.15) is 0 Å². The lowest BCUT2D eigenvalue weighted by Gasteiger charge is -2.35. The van der Waals surface area contributed by atoms with Gasteiger partial charge in [-0.15, -0.1) is 0 Å². The number of aryl methyl sites for hydroxylation is 1. The van der Waals surface area contributed by atoms with Crippen LogP contribution in [0.2, 0.25) is 0 Å². The zero-order valence-electron chi connectivity index (χ0n) is 14.1. The zero-order valence-corrected chi connectivity index (χ0v) is 14.1. The van der Waals surface area contributed by atoms with E-state index in [-0.39, 0.29) is 18.1 Å². The summed E-state index contributed by atoms with van der Waals surface area (Å²) in [6, 6.07) is 5.87. The van der Waals surface area contributed by atoms with Crippen molar-refractivity contribution in [1.29, 1.82) is 0 Å². The van der Waals surface area contributed by atoms with Gasteiger partial charge < -0.3 is 14.2 Å². The van der Waals surface area contributed by atoms with Crippen LogP contribution in [0.5, 0.6) is 0 Å². The van der Waals surface area contributed by atoms with Crippen LogP contribution in [-0.4, -0.2) is 45.7 Å². The number of ether oxygens (including phenoxy) is 1. The first-order valence-corrected chi connectivity index (χ1v) is 8.01. The molecule has 0 aromatic carbocycles. The third-order valence-electron chi connectivity index (χ3n) is 4.27. The van der Waals surface area contributed by atoms with Crippen molar-refractivity contribution >= 4 is 5.91 Å². The first-order valence-electron chi connectivity index (χ1n) is 8.01. The van der Waals surface area contributed by atoms with Gasteiger partial charge in [-0.25, -0.2) is 0 Å². The normalized spacial score (nSPS) is 21.5. The second-order valence-electron chi connectivity index (χ2n) is 6.30. The van der Waals surface area contributed by atoms with Gasteiger partial charge >= 0.3 is 0 Å². The van der Waals surface area contributed by atoms with E-state index in [0.29, 0.717) is 13.1 Å². The van der Waals surface area contributed by atoms with E-state index in [1.807, 2.05) is 57.0 Å². The van der Waals surface area contributed by atoms with Gasteiger partial charge in [-0.2, -0.15) is 0 Å². The summed E-state index contributed by atoms with van der Waals surface area (Å²) in [7, 11) is 0. The van der Waals surface area contributed by atoms with E-state index >= 15 is 0 Å². The van der Waals surface area contributed by atoms with E-state index in [1.54, 1.807) is 6.20 Å². The zero-order chi connectivity index (χ0) is 16.6. The van der Waals surface area contributed by atoms with Crippen LogP contribution < -0.4 is 0 Å². The molecule has 122 valence electrons. The minimum Gasteiger partial charge on any atom is -0.372 e. The van der Waals surface area contributed by atoms with Crippen molar-refractivity contribution in [3.63, 3.8) is 0 Å². The lowest BCUT2D eigenvalue weighted by atomic mass is 10.1. The largest absolute Gasteiger partial charge is 0.372 e. The number of carbonyl (C=O) groups excluding carboxylic acids is 1. The van der Waals surface area contributed by atoms with Gasteiger partial charge in [0.25, 0.3) is 5.91 Å². The topological polar surface area (TPSA) is 47.4 Å². The number of amides is 1. The predicted molar refractivity (Wildman–Crippen MR) is 89.0 cm³/mol. The smallest absolute Gasteiger partial charge is 0.255 e. The highest BCUT2D eigenvalue weighted by molar-refractivity contribution is 5.96. The molecule has 0 radical (unpaired) electrons. The van der Waals surface area contributed by atoms with E-state index in [0.717, 1.165) is 22.6 Å². The van der Waals surface area contributed by atoms with Crippen LogP contribution in [0.3, 0.4) is 0 Å². The summed E-state index contributed by atoms with van der Waals surface area (Å²) in [5.74, 6) is 0.0789. The first kappa shape index (κ1) is 15.7. The first-order chi connectivity index (χ1) is 11.0. The van der Waals surface area contributed by atoms with Crippen molar-refractivity contribution in [2.75, 3.05) is 13.1 Å². The van der Waals surface area contributed by atoms with E-state index in [1.165, 1.54) is 0 Å². The van der Waals surface area contributed by atoms with Crippen LogP contribution in [0.1, 0.15) is 35.6 Å². The third kappa shape index (κ3) is 3.01. The summed E-state index contributed by atoms with van der Waals surface area (Å²) < 4.78 is 7.80. The third-order valence-corrected chi connectivity index (χ3v) is 4.27. The van der Waals surface area contributed by atoms with Crippen molar-refractivity contribution in [2.24, 2.45) is 0 Å². The molecule has 0 N–H and O–H groups in total. The van der Waals surface area contributed by atoms with Gasteiger partial charge in [0.2, 0.25) is 0 Å². The molecule has 1 saturated heterocycles. The number of nitrogens with zero attached hydrogens (tertiary/aromatic N) is 3. The van der Waals surface area contributed by atoms with Gasteiger partial charge in [-0.3, -0.25) is 9.78 Å². The lowest BCUT2D eigenvalue weighted by Crippen LogP contribution is -2.48. The van der Waals surface area contributed by atoms with Crippen molar-refractivity contribution in [3.05, 3.63) is 47.5 Å². The quantitative estimate of drug-likeness (QED) is 0.856. The molecular weight excluding hydrogens is 290 g/mol. The van der Waals surface area contributed by atoms with Crippen LogP contribution in [0.15, 0.2) is 30.6 Å². The Hall–Kier alpha value is -2.14. The molecule has 1 aliphatic rings. The molecule has 1 aliphatic heterocycles. The minimum atomic E-state index is 0.0736. The number of carbonyl (C=O) groups is 1. The number of pyridine rings is 1. The fourth-order valence-electron chi connectivity index (χ4n) is 3.38. The average Bonchev–Trinajstić information content (AvgIpc) is 2.81. The van der Waals surface area contributed by atoms with Crippen LogP contribution in [0.25, 0.3) is 5.69 Å². The molecule has 5 nitrogen and oxygen atoms in total. The molecule has 23 heavy (non-hydrogen) atoms. The van der Waals surface area contributed by atoms with E-state index in [9.17, 15) is 4.79 Å². The number of aromatic nitrogens is 2. The van der Waals surface area contributed by atoms with E-state index in [4.69, 9.17) is 4.74 Å². The van der Waals surface area contributed by atoms with Crippen LogP contribution in [0.4, 0.5) is 0 Å².